The average molecular weight is 337 g/mol. The van der Waals surface area contributed by atoms with Crippen LogP contribution in [0.25, 0.3) is 0 Å². The Morgan fingerprint density at radius 3 is 2.24 bits per heavy atom. The van der Waals surface area contributed by atoms with Crippen LogP contribution in [0.2, 0.25) is 0 Å². The third-order valence-corrected chi connectivity index (χ3v) is 4.84. The molecule has 4 nitrogen and oxygen atoms in total. The molecule has 1 aliphatic heterocycles. The van der Waals surface area contributed by atoms with Gasteiger partial charge in [-0.3, -0.25) is 0 Å². The molecule has 0 spiro atoms. The van der Waals surface area contributed by atoms with Crippen LogP contribution in [-0.2, 0) is 6.54 Å². The van der Waals surface area contributed by atoms with Crippen LogP contribution < -0.4 is 10.2 Å². The molecule has 1 aliphatic rings. The first kappa shape index (κ1) is 17.3. The monoisotopic (exact) mass is 337 g/mol. The molecule has 1 heterocycles. The highest BCUT2D eigenvalue weighted by atomic mass is 16.2. The smallest absolute Gasteiger partial charge is 0.317 e. The number of carbonyl (C=O) groups excluding carboxylic acids is 1. The lowest BCUT2D eigenvalue weighted by Crippen LogP contribution is -2.51. The van der Waals surface area contributed by atoms with Crippen molar-refractivity contribution in [2.45, 2.75) is 27.3 Å². The lowest BCUT2D eigenvalue weighted by atomic mass is 10.1. The van der Waals surface area contributed by atoms with Crippen molar-refractivity contribution >= 4 is 11.7 Å². The lowest BCUT2D eigenvalue weighted by Gasteiger charge is -2.37. The van der Waals surface area contributed by atoms with Crippen LogP contribution in [0.4, 0.5) is 10.5 Å². The van der Waals surface area contributed by atoms with Gasteiger partial charge in [-0.05, 0) is 43.5 Å². The van der Waals surface area contributed by atoms with Crippen molar-refractivity contribution in [3.8, 4) is 0 Å². The number of hydrogen-bond acceptors (Lipinski definition) is 2. The number of urea groups is 1. The second-order valence-electron chi connectivity index (χ2n) is 6.91. The van der Waals surface area contributed by atoms with Gasteiger partial charge in [0, 0.05) is 38.4 Å². The molecule has 4 heteroatoms. The van der Waals surface area contributed by atoms with Crippen LogP contribution in [0.3, 0.4) is 0 Å². The van der Waals surface area contributed by atoms with Crippen molar-refractivity contribution < 1.29 is 4.79 Å². The predicted molar refractivity (Wildman–Crippen MR) is 103 cm³/mol. The Morgan fingerprint density at radius 1 is 0.920 bits per heavy atom. The van der Waals surface area contributed by atoms with E-state index in [1.54, 1.807) is 0 Å². The highest BCUT2D eigenvalue weighted by molar-refractivity contribution is 5.74. The van der Waals surface area contributed by atoms with Crippen molar-refractivity contribution in [3.63, 3.8) is 0 Å². The van der Waals surface area contributed by atoms with Gasteiger partial charge in [-0.25, -0.2) is 4.79 Å². The number of carbonyl (C=O) groups is 1. The molecule has 2 aromatic carbocycles. The number of nitrogens with zero attached hydrogens (tertiary/aromatic N) is 2. The molecular weight excluding hydrogens is 310 g/mol. The zero-order valence-corrected chi connectivity index (χ0v) is 15.4. The Labute approximate surface area is 150 Å². The largest absolute Gasteiger partial charge is 0.368 e. The zero-order valence-electron chi connectivity index (χ0n) is 15.4. The summed E-state index contributed by atoms with van der Waals surface area (Å²) < 4.78 is 0. The van der Waals surface area contributed by atoms with Crippen LogP contribution in [0.15, 0.2) is 42.5 Å². The second-order valence-corrected chi connectivity index (χ2v) is 6.91. The van der Waals surface area contributed by atoms with Gasteiger partial charge >= 0.3 is 6.03 Å². The Balaban J connectivity index is 1.52. The highest BCUT2D eigenvalue weighted by Gasteiger charge is 2.21. The summed E-state index contributed by atoms with van der Waals surface area (Å²) in [5.41, 5.74) is 6.23. The number of rotatable bonds is 3. The van der Waals surface area contributed by atoms with Gasteiger partial charge in [-0.2, -0.15) is 0 Å². The van der Waals surface area contributed by atoms with E-state index in [4.69, 9.17) is 0 Å². The number of benzene rings is 2. The fraction of sp³-hybridized carbons (Fsp3) is 0.381. The topological polar surface area (TPSA) is 35.6 Å². The second kappa shape index (κ2) is 7.60. The van der Waals surface area contributed by atoms with Gasteiger partial charge in [0.05, 0.1) is 0 Å². The van der Waals surface area contributed by atoms with E-state index in [-0.39, 0.29) is 6.03 Å². The zero-order chi connectivity index (χ0) is 17.8. The first-order valence-electron chi connectivity index (χ1n) is 8.93. The number of nitrogens with one attached hydrogen (secondary N) is 1. The molecule has 2 amide bonds. The minimum atomic E-state index is 0.0289. The number of aryl methyl sites for hydroxylation is 3. The summed E-state index contributed by atoms with van der Waals surface area (Å²) in [5, 5.41) is 3.03. The van der Waals surface area contributed by atoms with Gasteiger partial charge in [-0.15, -0.1) is 0 Å². The number of amides is 2. The molecule has 2 aromatic rings. The molecule has 0 unspecified atom stereocenters. The predicted octanol–water partition coefficient (Wildman–Crippen LogP) is 3.64. The van der Waals surface area contributed by atoms with Crippen LogP contribution in [-0.4, -0.2) is 37.1 Å². The first-order valence-corrected chi connectivity index (χ1v) is 8.93. The summed E-state index contributed by atoms with van der Waals surface area (Å²) in [4.78, 5) is 16.7. The minimum Gasteiger partial charge on any atom is -0.368 e. The highest BCUT2D eigenvalue weighted by Crippen LogP contribution is 2.22. The average Bonchev–Trinajstić information content (AvgIpc) is 2.63. The SMILES string of the molecule is Cc1ccc(CNC(=O)N2CCN(c3cc(C)ccc3C)CC2)cc1. The molecule has 0 bridgehead atoms. The molecule has 0 aliphatic carbocycles. The van der Waals surface area contributed by atoms with Crippen molar-refractivity contribution in [1.82, 2.24) is 10.2 Å². The van der Waals surface area contributed by atoms with Crippen molar-refractivity contribution in [3.05, 3.63) is 64.7 Å². The molecule has 0 saturated carbocycles. The molecule has 3 rings (SSSR count). The van der Waals surface area contributed by atoms with Crippen LogP contribution in [0.5, 0.6) is 0 Å². The molecule has 1 fully saturated rings. The fourth-order valence-corrected chi connectivity index (χ4v) is 3.21. The third-order valence-electron chi connectivity index (χ3n) is 4.84. The van der Waals surface area contributed by atoms with E-state index in [9.17, 15) is 4.79 Å². The first-order chi connectivity index (χ1) is 12.0. The maximum Gasteiger partial charge on any atom is 0.317 e. The molecule has 1 saturated heterocycles. The lowest BCUT2D eigenvalue weighted by molar-refractivity contribution is 0.194. The summed E-state index contributed by atoms with van der Waals surface area (Å²) in [6.07, 6.45) is 0. The van der Waals surface area contributed by atoms with Gasteiger partial charge in [0.15, 0.2) is 0 Å². The van der Waals surface area contributed by atoms with Crippen molar-refractivity contribution in [2.75, 3.05) is 31.1 Å². The van der Waals surface area contributed by atoms with E-state index in [1.807, 2.05) is 4.90 Å². The Hall–Kier alpha value is -2.49. The maximum atomic E-state index is 12.4. The molecule has 25 heavy (non-hydrogen) atoms. The van der Waals surface area contributed by atoms with E-state index >= 15 is 0 Å². The normalized spacial score (nSPS) is 14.5. The summed E-state index contributed by atoms with van der Waals surface area (Å²) in [7, 11) is 0. The Morgan fingerprint density at radius 2 is 1.56 bits per heavy atom. The van der Waals surface area contributed by atoms with Gasteiger partial charge in [-0.1, -0.05) is 42.0 Å². The van der Waals surface area contributed by atoms with Gasteiger partial charge in [0.25, 0.3) is 0 Å². The molecule has 1 N–H and O–H groups in total. The molecule has 132 valence electrons. The van der Waals surface area contributed by atoms with Crippen LogP contribution in [0, 0.1) is 20.8 Å². The van der Waals surface area contributed by atoms with Gasteiger partial charge in [0.2, 0.25) is 0 Å². The number of hydrogen-bond donors (Lipinski definition) is 1. The van der Waals surface area contributed by atoms with E-state index < -0.39 is 0 Å². The van der Waals surface area contributed by atoms with E-state index in [1.165, 1.54) is 22.4 Å². The standard InChI is InChI=1S/C21H27N3O/c1-16-5-8-19(9-6-16)15-22-21(25)24-12-10-23(11-13-24)20-14-17(2)4-7-18(20)3/h4-9,14H,10-13,15H2,1-3H3,(H,22,25). The summed E-state index contributed by atoms with van der Waals surface area (Å²) >= 11 is 0. The Kier molecular flexibility index (Phi) is 5.27. The van der Waals surface area contributed by atoms with Gasteiger partial charge < -0.3 is 15.1 Å². The molecule has 0 atom stereocenters. The Bertz CT molecular complexity index is 731. The summed E-state index contributed by atoms with van der Waals surface area (Å²) in [6.45, 7) is 10.2. The quantitative estimate of drug-likeness (QED) is 0.928. The number of anilines is 1. The van der Waals surface area contributed by atoms with E-state index in [2.05, 4.69) is 73.5 Å². The van der Waals surface area contributed by atoms with Crippen LogP contribution in [0.1, 0.15) is 22.3 Å². The summed E-state index contributed by atoms with van der Waals surface area (Å²) in [5.74, 6) is 0. The number of piperazine rings is 1. The van der Waals surface area contributed by atoms with Crippen molar-refractivity contribution in [2.24, 2.45) is 0 Å². The van der Waals surface area contributed by atoms with Crippen LogP contribution >= 0.6 is 0 Å². The molecule has 0 aromatic heterocycles. The van der Waals surface area contributed by atoms with E-state index in [0.717, 1.165) is 31.7 Å². The summed E-state index contributed by atoms with van der Waals surface area (Å²) in [6, 6.07) is 14.9. The minimum absolute atomic E-state index is 0.0289. The maximum absolute atomic E-state index is 12.4. The third kappa shape index (κ3) is 4.32. The molecule has 0 radical (unpaired) electrons. The molecular formula is C21H27N3O. The van der Waals surface area contributed by atoms with Gasteiger partial charge in [0.1, 0.15) is 0 Å². The van der Waals surface area contributed by atoms with E-state index in [0.29, 0.717) is 6.54 Å². The van der Waals surface area contributed by atoms with Crippen molar-refractivity contribution in [1.29, 1.82) is 0 Å². The fourth-order valence-electron chi connectivity index (χ4n) is 3.21.